The summed E-state index contributed by atoms with van der Waals surface area (Å²) < 4.78 is 5.06. The molecule has 0 amide bonds. The van der Waals surface area contributed by atoms with Crippen molar-refractivity contribution in [2.24, 2.45) is 5.73 Å². The van der Waals surface area contributed by atoms with Crippen LogP contribution in [0.4, 0.5) is 5.69 Å². The predicted octanol–water partition coefficient (Wildman–Crippen LogP) is 2.47. The zero-order chi connectivity index (χ0) is 12.8. The molecule has 3 nitrogen and oxygen atoms in total. The summed E-state index contributed by atoms with van der Waals surface area (Å²) >= 11 is 5.05. The second-order valence-electron chi connectivity index (χ2n) is 4.24. The summed E-state index contributed by atoms with van der Waals surface area (Å²) in [6.45, 7) is 4.90. The summed E-state index contributed by atoms with van der Waals surface area (Å²) in [6.07, 6.45) is 0.946. The molecule has 1 rings (SSSR count). The van der Waals surface area contributed by atoms with Gasteiger partial charge in [-0.3, -0.25) is 0 Å². The summed E-state index contributed by atoms with van der Waals surface area (Å²) in [5, 5.41) is 3.42. The molecule has 0 radical (unpaired) electrons. The minimum atomic E-state index is 0.324. The quantitative estimate of drug-likeness (QED) is 0.764. The van der Waals surface area contributed by atoms with Crippen molar-refractivity contribution in [2.45, 2.75) is 26.3 Å². The van der Waals surface area contributed by atoms with E-state index in [-0.39, 0.29) is 0 Å². The Balaban J connectivity index is 2.81. The van der Waals surface area contributed by atoms with Crippen LogP contribution in [0.1, 0.15) is 24.5 Å². The molecular formula is C13H20N2OS. The van der Waals surface area contributed by atoms with Gasteiger partial charge in [0.1, 0.15) is 4.99 Å². The fraction of sp³-hybridized carbons (Fsp3) is 0.462. The van der Waals surface area contributed by atoms with E-state index in [2.05, 4.69) is 18.3 Å². The lowest BCUT2D eigenvalue weighted by Crippen LogP contribution is -2.20. The van der Waals surface area contributed by atoms with E-state index in [0.29, 0.717) is 11.0 Å². The fourth-order valence-electron chi connectivity index (χ4n) is 1.62. The highest BCUT2D eigenvalue weighted by atomic mass is 32.1. The Hall–Kier alpha value is -1.13. The van der Waals surface area contributed by atoms with Crippen molar-refractivity contribution in [2.75, 3.05) is 19.0 Å². The predicted molar refractivity (Wildman–Crippen MR) is 76.6 cm³/mol. The van der Waals surface area contributed by atoms with Crippen molar-refractivity contribution in [3.63, 3.8) is 0 Å². The highest BCUT2D eigenvalue weighted by Gasteiger charge is 2.08. The van der Waals surface area contributed by atoms with Gasteiger partial charge in [0.2, 0.25) is 0 Å². The third kappa shape index (κ3) is 4.32. The molecule has 0 saturated carbocycles. The summed E-state index contributed by atoms with van der Waals surface area (Å²) in [5.74, 6) is 0. The van der Waals surface area contributed by atoms with Crippen LogP contribution in [0.5, 0.6) is 0 Å². The van der Waals surface area contributed by atoms with E-state index in [4.69, 9.17) is 22.7 Å². The van der Waals surface area contributed by atoms with Crippen molar-refractivity contribution >= 4 is 22.9 Å². The number of hydrogen-bond donors (Lipinski definition) is 2. The average Bonchev–Trinajstić information content (AvgIpc) is 2.26. The molecule has 1 aromatic rings. The summed E-state index contributed by atoms with van der Waals surface area (Å²) in [6, 6.07) is 6.37. The number of hydrogen-bond acceptors (Lipinski definition) is 3. The zero-order valence-electron chi connectivity index (χ0n) is 10.6. The van der Waals surface area contributed by atoms with E-state index in [1.165, 1.54) is 5.56 Å². The number of anilines is 1. The van der Waals surface area contributed by atoms with Crippen molar-refractivity contribution in [3.05, 3.63) is 29.3 Å². The van der Waals surface area contributed by atoms with Crippen LogP contribution in [0.3, 0.4) is 0 Å². The number of aryl methyl sites for hydroxylation is 1. The summed E-state index contributed by atoms with van der Waals surface area (Å²) in [7, 11) is 1.71. The van der Waals surface area contributed by atoms with Gasteiger partial charge in [0.15, 0.2) is 0 Å². The number of benzene rings is 1. The van der Waals surface area contributed by atoms with Crippen LogP contribution in [0.15, 0.2) is 18.2 Å². The minimum absolute atomic E-state index is 0.324. The van der Waals surface area contributed by atoms with Crippen LogP contribution in [-0.4, -0.2) is 24.7 Å². The van der Waals surface area contributed by atoms with Crippen LogP contribution in [0.2, 0.25) is 0 Å². The van der Waals surface area contributed by atoms with E-state index < -0.39 is 0 Å². The Morgan fingerprint density at radius 2 is 2.24 bits per heavy atom. The van der Waals surface area contributed by atoms with E-state index in [1.54, 1.807) is 7.11 Å². The average molecular weight is 252 g/mol. The molecule has 1 atom stereocenters. The number of ether oxygens (including phenoxy) is 1. The maximum absolute atomic E-state index is 5.71. The van der Waals surface area contributed by atoms with Gasteiger partial charge < -0.3 is 15.8 Å². The van der Waals surface area contributed by atoms with Gasteiger partial charge in [0.25, 0.3) is 0 Å². The Bertz CT molecular complexity index is 393. The second kappa shape index (κ2) is 6.57. The van der Waals surface area contributed by atoms with Gasteiger partial charge in [-0.25, -0.2) is 0 Å². The summed E-state index contributed by atoms with van der Waals surface area (Å²) in [4.78, 5) is 0.423. The third-order valence-electron chi connectivity index (χ3n) is 2.60. The molecule has 0 bridgehead atoms. The third-order valence-corrected chi connectivity index (χ3v) is 2.82. The molecule has 1 unspecified atom stereocenters. The highest BCUT2D eigenvalue weighted by molar-refractivity contribution is 7.80. The van der Waals surface area contributed by atoms with Gasteiger partial charge in [0, 0.05) is 31.0 Å². The number of nitrogens with two attached hydrogens (primary N) is 1. The molecule has 94 valence electrons. The standard InChI is InChI=1S/C13H20N2OS/c1-9-4-5-11(13(14)17)12(8-9)15-10(2)6-7-16-3/h4-5,8,10,15H,6-7H2,1-3H3,(H2,14,17). The smallest absolute Gasteiger partial charge is 0.106 e. The zero-order valence-corrected chi connectivity index (χ0v) is 11.4. The molecule has 0 aliphatic carbocycles. The van der Waals surface area contributed by atoms with E-state index in [0.717, 1.165) is 24.3 Å². The first-order valence-electron chi connectivity index (χ1n) is 5.70. The fourth-order valence-corrected chi connectivity index (χ4v) is 1.80. The lowest BCUT2D eigenvalue weighted by molar-refractivity contribution is 0.191. The largest absolute Gasteiger partial charge is 0.389 e. The number of rotatable bonds is 6. The topological polar surface area (TPSA) is 47.3 Å². The highest BCUT2D eigenvalue weighted by Crippen LogP contribution is 2.19. The first kappa shape index (κ1) is 13.9. The lowest BCUT2D eigenvalue weighted by atomic mass is 10.1. The monoisotopic (exact) mass is 252 g/mol. The summed E-state index contributed by atoms with van der Waals surface area (Å²) in [5.41, 5.74) is 8.79. The number of nitrogens with one attached hydrogen (secondary N) is 1. The van der Waals surface area contributed by atoms with Gasteiger partial charge in [-0.15, -0.1) is 0 Å². The van der Waals surface area contributed by atoms with E-state index in [1.807, 2.05) is 19.1 Å². The van der Waals surface area contributed by atoms with Crippen LogP contribution in [-0.2, 0) is 4.74 Å². The van der Waals surface area contributed by atoms with E-state index in [9.17, 15) is 0 Å². The maximum Gasteiger partial charge on any atom is 0.106 e. The Labute approximate surface area is 108 Å². The number of methoxy groups -OCH3 is 1. The van der Waals surface area contributed by atoms with Crippen LogP contribution in [0.25, 0.3) is 0 Å². The molecule has 0 aliphatic rings. The molecule has 0 spiro atoms. The maximum atomic E-state index is 5.71. The Kier molecular flexibility index (Phi) is 5.38. The normalized spacial score (nSPS) is 12.2. The van der Waals surface area contributed by atoms with Gasteiger partial charge >= 0.3 is 0 Å². The van der Waals surface area contributed by atoms with Crippen molar-refractivity contribution in [3.8, 4) is 0 Å². The molecule has 0 saturated heterocycles. The van der Waals surface area contributed by atoms with Crippen molar-refractivity contribution in [1.29, 1.82) is 0 Å². The Morgan fingerprint density at radius 3 is 2.82 bits per heavy atom. The van der Waals surface area contributed by atoms with Crippen LogP contribution in [0, 0.1) is 6.92 Å². The molecule has 0 fully saturated rings. The van der Waals surface area contributed by atoms with Crippen LogP contribution >= 0.6 is 12.2 Å². The van der Waals surface area contributed by atoms with Gasteiger partial charge in [0.05, 0.1) is 0 Å². The molecule has 17 heavy (non-hydrogen) atoms. The number of thiocarbonyl (C=S) groups is 1. The lowest BCUT2D eigenvalue weighted by Gasteiger charge is -2.18. The van der Waals surface area contributed by atoms with Crippen molar-refractivity contribution in [1.82, 2.24) is 0 Å². The van der Waals surface area contributed by atoms with E-state index >= 15 is 0 Å². The van der Waals surface area contributed by atoms with Crippen LogP contribution < -0.4 is 11.1 Å². The first-order chi connectivity index (χ1) is 8.04. The Morgan fingerprint density at radius 1 is 1.53 bits per heavy atom. The molecule has 4 heteroatoms. The minimum Gasteiger partial charge on any atom is -0.389 e. The SMILES string of the molecule is COCCC(C)Nc1cc(C)ccc1C(N)=S. The van der Waals surface area contributed by atoms with Crippen molar-refractivity contribution < 1.29 is 4.74 Å². The molecule has 0 aliphatic heterocycles. The molecule has 3 N–H and O–H groups in total. The molecule has 1 aromatic carbocycles. The molecule has 0 aromatic heterocycles. The second-order valence-corrected chi connectivity index (χ2v) is 4.68. The van der Waals surface area contributed by atoms with Gasteiger partial charge in [-0.1, -0.05) is 18.3 Å². The van der Waals surface area contributed by atoms with Gasteiger partial charge in [-0.05, 0) is 38.0 Å². The first-order valence-corrected chi connectivity index (χ1v) is 6.11. The molecule has 0 heterocycles. The molecular weight excluding hydrogens is 232 g/mol. The van der Waals surface area contributed by atoms with Gasteiger partial charge in [-0.2, -0.15) is 0 Å².